The molecule has 0 bridgehead atoms. The highest BCUT2D eigenvalue weighted by Crippen LogP contribution is 2.16. The fraction of sp³-hybridized carbons (Fsp3) is 0.588. The lowest BCUT2D eigenvalue weighted by Gasteiger charge is -2.21. The molecule has 0 heterocycles. The first-order valence-corrected chi connectivity index (χ1v) is 7.97. The second-order valence-corrected chi connectivity index (χ2v) is 5.40. The molecule has 1 atom stereocenters. The minimum atomic E-state index is -0.171. The van der Waals surface area contributed by atoms with Crippen molar-refractivity contribution < 1.29 is 4.39 Å². The van der Waals surface area contributed by atoms with Crippen molar-refractivity contribution in [3.05, 3.63) is 35.1 Å². The highest BCUT2D eigenvalue weighted by atomic mass is 19.1. The molecule has 1 aromatic carbocycles. The maximum Gasteiger partial charge on any atom is 0.191 e. The molecule has 0 radical (unpaired) electrons. The molecular weight excluding hydrogens is 279 g/mol. The quantitative estimate of drug-likeness (QED) is 0.601. The number of guanidine groups is 1. The average Bonchev–Trinajstić information content (AvgIpc) is 2.52. The molecule has 0 spiro atoms. The molecule has 5 heteroatoms. The third-order valence-corrected chi connectivity index (χ3v) is 3.89. The van der Waals surface area contributed by atoms with Gasteiger partial charge in [-0.25, -0.2) is 4.39 Å². The minimum absolute atomic E-state index is 0.00486. The molecule has 124 valence electrons. The van der Waals surface area contributed by atoms with Gasteiger partial charge in [-0.3, -0.25) is 4.99 Å². The Labute approximate surface area is 133 Å². The Bertz CT molecular complexity index is 484. The van der Waals surface area contributed by atoms with Gasteiger partial charge in [0.25, 0.3) is 0 Å². The average molecular weight is 308 g/mol. The van der Waals surface area contributed by atoms with E-state index in [-0.39, 0.29) is 11.9 Å². The normalized spacial score (nSPS) is 13.3. The minimum Gasteiger partial charge on any atom is -0.355 e. The van der Waals surface area contributed by atoms with Crippen LogP contribution in [0.3, 0.4) is 0 Å². The van der Waals surface area contributed by atoms with Crippen molar-refractivity contribution in [3.8, 4) is 0 Å². The smallest absolute Gasteiger partial charge is 0.191 e. The standard InChI is InChI=1S/C17H29FN4/c1-6-22(7-2)11-10-20-17(19-5)21-14(4)15-9-8-13(3)16(18)12-15/h8-9,12,14H,6-7,10-11H2,1-5H3,(H2,19,20,21). The molecule has 0 saturated heterocycles. The van der Waals surface area contributed by atoms with Crippen LogP contribution in [0.4, 0.5) is 4.39 Å². The van der Waals surface area contributed by atoms with Crippen molar-refractivity contribution in [2.24, 2.45) is 4.99 Å². The predicted molar refractivity (Wildman–Crippen MR) is 91.8 cm³/mol. The zero-order valence-corrected chi connectivity index (χ0v) is 14.4. The third kappa shape index (κ3) is 5.64. The first-order chi connectivity index (χ1) is 10.5. The van der Waals surface area contributed by atoms with Crippen LogP contribution in [0.5, 0.6) is 0 Å². The highest BCUT2D eigenvalue weighted by Gasteiger charge is 2.09. The Balaban J connectivity index is 2.53. The SMILES string of the molecule is CCN(CC)CCNC(=NC)NC(C)c1ccc(C)c(F)c1. The number of nitrogens with zero attached hydrogens (tertiary/aromatic N) is 2. The second kappa shape index (κ2) is 9.41. The topological polar surface area (TPSA) is 39.7 Å². The molecule has 0 aromatic heterocycles. The fourth-order valence-corrected chi connectivity index (χ4v) is 2.23. The van der Waals surface area contributed by atoms with Crippen LogP contribution in [0.1, 0.15) is 37.9 Å². The maximum atomic E-state index is 13.6. The molecule has 1 unspecified atom stereocenters. The second-order valence-electron chi connectivity index (χ2n) is 5.40. The van der Waals surface area contributed by atoms with Gasteiger partial charge in [0.05, 0.1) is 6.04 Å². The Morgan fingerprint density at radius 2 is 2.00 bits per heavy atom. The molecular formula is C17H29FN4. The predicted octanol–water partition coefficient (Wildman–Crippen LogP) is 2.70. The van der Waals surface area contributed by atoms with Crippen molar-refractivity contribution in [2.75, 3.05) is 33.2 Å². The summed E-state index contributed by atoms with van der Waals surface area (Å²) in [5.74, 6) is 0.566. The van der Waals surface area contributed by atoms with Gasteiger partial charge in [0.1, 0.15) is 5.82 Å². The summed E-state index contributed by atoms with van der Waals surface area (Å²) in [5, 5.41) is 6.59. The Kier molecular flexibility index (Phi) is 7.88. The summed E-state index contributed by atoms with van der Waals surface area (Å²) in [7, 11) is 1.75. The van der Waals surface area contributed by atoms with Crippen LogP contribution < -0.4 is 10.6 Å². The number of aryl methyl sites for hydroxylation is 1. The molecule has 4 nitrogen and oxygen atoms in total. The summed E-state index contributed by atoms with van der Waals surface area (Å²) in [6, 6.07) is 5.32. The van der Waals surface area contributed by atoms with Gasteiger partial charge >= 0.3 is 0 Å². The van der Waals surface area contributed by atoms with E-state index in [4.69, 9.17) is 0 Å². The number of halogens is 1. The van der Waals surface area contributed by atoms with Gasteiger partial charge in [0.2, 0.25) is 0 Å². The largest absolute Gasteiger partial charge is 0.355 e. The summed E-state index contributed by atoms with van der Waals surface area (Å²) >= 11 is 0. The molecule has 2 N–H and O–H groups in total. The maximum absolute atomic E-state index is 13.6. The number of nitrogens with one attached hydrogen (secondary N) is 2. The Hall–Kier alpha value is -1.62. The zero-order valence-electron chi connectivity index (χ0n) is 14.4. The fourth-order valence-electron chi connectivity index (χ4n) is 2.23. The van der Waals surface area contributed by atoms with E-state index in [1.807, 2.05) is 13.0 Å². The lowest BCUT2D eigenvalue weighted by Crippen LogP contribution is -2.42. The van der Waals surface area contributed by atoms with E-state index >= 15 is 0 Å². The van der Waals surface area contributed by atoms with Gasteiger partial charge in [0.15, 0.2) is 5.96 Å². The molecule has 0 saturated carbocycles. The molecule has 0 fully saturated rings. The molecule has 1 rings (SSSR count). The summed E-state index contributed by atoms with van der Waals surface area (Å²) in [5.41, 5.74) is 1.58. The van der Waals surface area contributed by atoms with Crippen LogP contribution in [-0.2, 0) is 0 Å². The number of hydrogen-bond acceptors (Lipinski definition) is 2. The van der Waals surface area contributed by atoms with E-state index in [2.05, 4.69) is 34.4 Å². The van der Waals surface area contributed by atoms with E-state index in [0.29, 0.717) is 5.56 Å². The van der Waals surface area contributed by atoms with Gasteiger partial charge in [0, 0.05) is 20.1 Å². The molecule has 0 amide bonds. The van der Waals surface area contributed by atoms with Crippen molar-refractivity contribution in [1.29, 1.82) is 0 Å². The first-order valence-electron chi connectivity index (χ1n) is 7.97. The van der Waals surface area contributed by atoms with E-state index in [0.717, 1.165) is 37.7 Å². The summed E-state index contributed by atoms with van der Waals surface area (Å²) in [4.78, 5) is 6.57. The number of aliphatic imine (C=N–C) groups is 1. The van der Waals surface area contributed by atoms with Gasteiger partial charge in [-0.2, -0.15) is 0 Å². The van der Waals surface area contributed by atoms with Gasteiger partial charge in [-0.15, -0.1) is 0 Å². The van der Waals surface area contributed by atoms with Gasteiger partial charge < -0.3 is 15.5 Å². The van der Waals surface area contributed by atoms with Crippen LogP contribution >= 0.6 is 0 Å². The molecule has 22 heavy (non-hydrogen) atoms. The van der Waals surface area contributed by atoms with E-state index in [1.54, 1.807) is 26.1 Å². The third-order valence-electron chi connectivity index (χ3n) is 3.89. The molecule has 0 aliphatic heterocycles. The Morgan fingerprint density at radius 1 is 1.32 bits per heavy atom. The van der Waals surface area contributed by atoms with Crippen molar-refractivity contribution in [1.82, 2.24) is 15.5 Å². The molecule has 1 aromatic rings. The van der Waals surface area contributed by atoms with Crippen molar-refractivity contribution >= 4 is 5.96 Å². The molecule has 0 aliphatic rings. The summed E-state index contributed by atoms with van der Waals surface area (Å²) in [6.07, 6.45) is 0. The number of rotatable bonds is 7. The van der Waals surface area contributed by atoms with Crippen LogP contribution in [0.2, 0.25) is 0 Å². The van der Waals surface area contributed by atoms with Crippen LogP contribution in [0, 0.1) is 12.7 Å². The van der Waals surface area contributed by atoms with Crippen molar-refractivity contribution in [2.45, 2.75) is 33.7 Å². The number of hydrogen-bond donors (Lipinski definition) is 2. The van der Waals surface area contributed by atoms with Crippen LogP contribution in [0.25, 0.3) is 0 Å². The lowest BCUT2D eigenvalue weighted by atomic mass is 10.1. The highest BCUT2D eigenvalue weighted by molar-refractivity contribution is 5.80. The summed E-state index contributed by atoms with van der Waals surface area (Å²) in [6.45, 7) is 12.0. The Morgan fingerprint density at radius 3 is 2.55 bits per heavy atom. The summed E-state index contributed by atoms with van der Waals surface area (Å²) < 4.78 is 13.6. The van der Waals surface area contributed by atoms with E-state index < -0.39 is 0 Å². The van der Waals surface area contributed by atoms with Crippen LogP contribution in [-0.4, -0.2) is 44.1 Å². The van der Waals surface area contributed by atoms with Gasteiger partial charge in [-0.1, -0.05) is 26.0 Å². The monoisotopic (exact) mass is 308 g/mol. The van der Waals surface area contributed by atoms with Gasteiger partial charge in [-0.05, 0) is 44.1 Å². The first kappa shape index (κ1) is 18.4. The van der Waals surface area contributed by atoms with Crippen molar-refractivity contribution in [3.63, 3.8) is 0 Å². The lowest BCUT2D eigenvalue weighted by molar-refractivity contribution is 0.308. The van der Waals surface area contributed by atoms with Crippen LogP contribution in [0.15, 0.2) is 23.2 Å². The van der Waals surface area contributed by atoms with E-state index in [1.165, 1.54) is 0 Å². The number of likely N-dealkylation sites (N-methyl/N-ethyl adjacent to an activating group) is 1. The zero-order chi connectivity index (χ0) is 16.5. The number of benzene rings is 1. The van der Waals surface area contributed by atoms with E-state index in [9.17, 15) is 4.39 Å². The molecule has 0 aliphatic carbocycles.